The van der Waals surface area contributed by atoms with E-state index < -0.39 is 10.1 Å². The van der Waals surface area contributed by atoms with Gasteiger partial charge >= 0.3 is 0 Å². The highest BCUT2D eigenvalue weighted by molar-refractivity contribution is 7.85. The Kier molecular flexibility index (Phi) is 3.63. The molecule has 0 saturated heterocycles. The number of rotatable bonds is 5. The second kappa shape index (κ2) is 5.19. The average Bonchev–Trinajstić information content (AvgIpc) is 2.82. The molecule has 0 spiro atoms. The summed E-state index contributed by atoms with van der Waals surface area (Å²) >= 11 is 0. The quantitative estimate of drug-likeness (QED) is 0.796. The monoisotopic (exact) mass is 267 g/mol. The van der Waals surface area contributed by atoms with E-state index in [1.807, 2.05) is 10.8 Å². The van der Waals surface area contributed by atoms with Gasteiger partial charge in [-0.05, 0) is 24.3 Å². The van der Waals surface area contributed by atoms with Crippen LogP contribution in [0.5, 0.6) is 0 Å². The van der Waals surface area contributed by atoms with E-state index in [1.54, 1.807) is 24.7 Å². The number of nitrogens with zero attached hydrogens (tertiary/aromatic N) is 2. The van der Waals surface area contributed by atoms with Gasteiger partial charge in [0.25, 0.3) is 10.1 Å². The van der Waals surface area contributed by atoms with E-state index in [4.69, 9.17) is 4.55 Å². The van der Waals surface area contributed by atoms with Gasteiger partial charge in [0.05, 0.1) is 11.2 Å². The minimum Gasteiger partial charge on any atom is -0.383 e. The molecule has 0 aliphatic carbocycles. The maximum absolute atomic E-state index is 10.8. The topological polar surface area (TPSA) is 84.2 Å². The Labute approximate surface area is 105 Å². The number of aromatic nitrogens is 2. The highest BCUT2D eigenvalue weighted by Gasteiger charge is 2.07. The third-order valence-corrected chi connectivity index (χ3v) is 3.28. The van der Waals surface area contributed by atoms with Crippen molar-refractivity contribution >= 4 is 15.8 Å². The van der Waals surface area contributed by atoms with Crippen molar-refractivity contribution in [3.05, 3.63) is 43.0 Å². The summed E-state index contributed by atoms with van der Waals surface area (Å²) in [6.45, 7) is 1.46. The molecule has 96 valence electrons. The van der Waals surface area contributed by atoms with Gasteiger partial charge in [0.2, 0.25) is 0 Å². The molecular formula is C11H13N3O3S. The molecule has 2 rings (SSSR count). The van der Waals surface area contributed by atoms with Crippen molar-refractivity contribution in [1.82, 2.24) is 9.55 Å². The molecule has 2 N–H and O–H groups in total. The molecule has 0 bridgehead atoms. The Balaban J connectivity index is 1.91. The van der Waals surface area contributed by atoms with E-state index in [-0.39, 0.29) is 4.90 Å². The number of imidazole rings is 1. The first-order valence-electron chi connectivity index (χ1n) is 5.33. The van der Waals surface area contributed by atoms with Crippen LogP contribution >= 0.6 is 0 Å². The number of hydrogen-bond acceptors (Lipinski definition) is 4. The van der Waals surface area contributed by atoms with Gasteiger partial charge in [-0.2, -0.15) is 8.42 Å². The summed E-state index contributed by atoms with van der Waals surface area (Å²) in [4.78, 5) is 3.82. The van der Waals surface area contributed by atoms with Crippen LogP contribution < -0.4 is 5.32 Å². The SMILES string of the molecule is O=S(=O)(O)c1ccc(NCCn2ccnc2)cc1. The maximum Gasteiger partial charge on any atom is 0.294 e. The molecule has 0 atom stereocenters. The molecule has 0 radical (unpaired) electrons. The van der Waals surface area contributed by atoms with Gasteiger partial charge in [0.15, 0.2) is 0 Å². The van der Waals surface area contributed by atoms with Crippen LogP contribution in [0.1, 0.15) is 0 Å². The van der Waals surface area contributed by atoms with Gasteiger partial charge in [0, 0.05) is 31.2 Å². The minimum absolute atomic E-state index is 0.109. The van der Waals surface area contributed by atoms with Gasteiger partial charge in [-0.3, -0.25) is 4.55 Å². The fraction of sp³-hybridized carbons (Fsp3) is 0.182. The summed E-state index contributed by atoms with van der Waals surface area (Å²) in [6, 6.07) is 5.93. The Hall–Kier alpha value is -1.86. The van der Waals surface area contributed by atoms with Crippen LogP contribution in [0.2, 0.25) is 0 Å². The van der Waals surface area contributed by atoms with Crippen molar-refractivity contribution in [2.24, 2.45) is 0 Å². The van der Waals surface area contributed by atoms with Gasteiger partial charge in [0.1, 0.15) is 0 Å². The number of hydrogen-bond donors (Lipinski definition) is 2. The van der Waals surface area contributed by atoms with E-state index in [9.17, 15) is 8.42 Å². The van der Waals surface area contributed by atoms with Crippen LogP contribution in [0.4, 0.5) is 5.69 Å². The van der Waals surface area contributed by atoms with Gasteiger partial charge in [-0.1, -0.05) is 0 Å². The summed E-state index contributed by atoms with van der Waals surface area (Å²) in [5.74, 6) is 0. The summed E-state index contributed by atoms with van der Waals surface area (Å²) in [7, 11) is -4.12. The fourth-order valence-electron chi connectivity index (χ4n) is 1.49. The zero-order valence-electron chi connectivity index (χ0n) is 9.52. The average molecular weight is 267 g/mol. The van der Waals surface area contributed by atoms with Gasteiger partial charge < -0.3 is 9.88 Å². The summed E-state index contributed by atoms with van der Waals surface area (Å²) < 4.78 is 32.4. The summed E-state index contributed by atoms with van der Waals surface area (Å²) in [5.41, 5.74) is 0.794. The number of anilines is 1. The Morgan fingerprint density at radius 3 is 2.56 bits per heavy atom. The second-order valence-electron chi connectivity index (χ2n) is 3.73. The molecule has 2 aromatic rings. The molecule has 1 heterocycles. The van der Waals surface area contributed by atoms with E-state index in [0.29, 0.717) is 6.54 Å². The van der Waals surface area contributed by atoms with Gasteiger partial charge in [-0.15, -0.1) is 0 Å². The van der Waals surface area contributed by atoms with E-state index >= 15 is 0 Å². The minimum atomic E-state index is -4.12. The molecule has 1 aromatic heterocycles. The van der Waals surface area contributed by atoms with Crippen LogP contribution in [0.25, 0.3) is 0 Å². The third kappa shape index (κ3) is 3.31. The van der Waals surface area contributed by atoms with Crippen LogP contribution in [-0.4, -0.2) is 29.1 Å². The summed E-state index contributed by atoms with van der Waals surface area (Å²) in [6.07, 6.45) is 5.30. The van der Waals surface area contributed by atoms with Crippen LogP contribution in [0.3, 0.4) is 0 Å². The van der Waals surface area contributed by atoms with E-state index in [2.05, 4.69) is 10.3 Å². The molecule has 0 aliphatic heterocycles. The number of benzene rings is 1. The largest absolute Gasteiger partial charge is 0.383 e. The third-order valence-electron chi connectivity index (χ3n) is 2.41. The lowest BCUT2D eigenvalue weighted by atomic mass is 10.3. The van der Waals surface area contributed by atoms with Crippen LogP contribution in [-0.2, 0) is 16.7 Å². The predicted molar refractivity (Wildman–Crippen MR) is 67.0 cm³/mol. The lowest BCUT2D eigenvalue weighted by Gasteiger charge is -2.07. The van der Waals surface area contributed by atoms with Crippen molar-refractivity contribution in [3.63, 3.8) is 0 Å². The van der Waals surface area contributed by atoms with Crippen molar-refractivity contribution < 1.29 is 13.0 Å². The predicted octanol–water partition coefficient (Wildman–Crippen LogP) is 1.24. The molecule has 0 amide bonds. The highest BCUT2D eigenvalue weighted by atomic mass is 32.2. The standard InChI is InChI=1S/C11H13N3O3S/c15-18(16,17)11-3-1-10(2-4-11)13-6-8-14-7-5-12-9-14/h1-5,7,9,13H,6,8H2,(H,15,16,17). The molecule has 0 fully saturated rings. The Morgan fingerprint density at radius 2 is 2.00 bits per heavy atom. The van der Waals surface area contributed by atoms with E-state index in [1.165, 1.54) is 12.1 Å². The molecule has 0 unspecified atom stereocenters. The van der Waals surface area contributed by atoms with Crippen molar-refractivity contribution in [1.29, 1.82) is 0 Å². The first-order chi connectivity index (χ1) is 8.55. The summed E-state index contributed by atoms with van der Waals surface area (Å²) in [5, 5.41) is 3.14. The fourth-order valence-corrected chi connectivity index (χ4v) is 1.97. The molecule has 6 nitrogen and oxygen atoms in total. The second-order valence-corrected chi connectivity index (χ2v) is 5.15. The van der Waals surface area contributed by atoms with Crippen LogP contribution in [0.15, 0.2) is 47.9 Å². The molecule has 18 heavy (non-hydrogen) atoms. The first kappa shape index (κ1) is 12.6. The first-order valence-corrected chi connectivity index (χ1v) is 6.77. The molecule has 0 saturated carbocycles. The smallest absolute Gasteiger partial charge is 0.294 e. The Bertz CT molecular complexity index is 591. The maximum atomic E-state index is 10.8. The van der Waals surface area contributed by atoms with Crippen molar-refractivity contribution in [3.8, 4) is 0 Å². The number of nitrogens with one attached hydrogen (secondary N) is 1. The molecular weight excluding hydrogens is 254 g/mol. The zero-order chi connectivity index (χ0) is 13.0. The lowest BCUT2D eigenvalue weighted by molar-refractivity contribution is 0.483. The Morgan fingerprint density at radius 1 is 1.28 bits per heavy atom. The molecule has 0 aliphatic rings. The lowest BCUT2D eigenvalue weighted by Crippen LogP contribution is -2.09. The normalized spacial score (nSPS) is 11.4. The van der Waals surface area contributed by atoms with Crippen molar-refractivity contribution in [2.45, 2.75) is 11.4 Å². The molecule has 1 aromatic carbocycles. The van der Waals surface area contributed by atoms with Crippen molar-refractivity contribution in [2.75, 3.05) is 11.9 Å². The van der Waals surface area contributed by atoms with Gasteiger partial charge in [-0.25, -0.2) is 4.98 Å². The molecule has 7 heteroatoms. The zero-order valence-corrected chi connectivity index (χ0v) is 10.3. The highest BCUT2D eigenvalue weighted by Crippen LogP contribution is 2.13. The van der Waals surface area contributed by atoms with E-state index in [0.717, 1.165) is 12.2 Å². The van der Waals surface area contributed by atoms with Crippen LogP contribution in [0, 0.1) is 0 Å².